The molecule has 2 amide bonds. The summed E-state index contributed by atoms with van der Waals surface area (Å²) in [6.45, 7) is 5.94. The van der Waals surface area contributed by atoms with Crippen LogP contribution < -0.4 is 10.6 Å². The Balaban J connectivity index is 1.40. The Morgan fingerprint density at radius 3 is 2.50 bits per heavy atom. The molecule has 198 valence electrons. The quantitative estimate of drug-likeness (QED) is 0.219. The summed E-state index contributed by atoms with van der Waals surface area (Å²) in [5.74, 6) is 0.249. The second-order valence-electron chi connectivity index (χ2n) is 8.85. The largest absolute Gasteiger partial charge is 0.342 e. The topological polar surface area (TPSA) is 102 Å². The van der Waals surface area contributed by atoms with Crippen molar-refractivity contribution in [1.29, 1.82) is 0 Å². The van der Waals surface area contributed by atoms with Crippen LogP contribution in [-0.4, -0.2) is 37.3 Å². The molecule has 8 nitrogen and oxygen atoms in total. The highest BCUT2D eigenvalue weighted by atomic mass is 35.5. The molecule has 0 saturated carbocycles. The van der Waals surface area contributed by atoms with Gasteiger partial charge in [0.05, 0.1) is 27.5 Å². The third-order valence-corrected chi connectivity index (χ3v) is 8.35. The van der Waals surface area contributed by atoms with Gasteiger partial charge in [-0.2, -0.15) is 0 Å². The molecule has 2 N–H and O–H groups in total. The number of hydrogen-bond acceptors (Lipinski definition) is 7. The highest BCUT2D eigenvalue weighted by Gasteiger charge is 2.26. The first kappa shape index (κ1) is 28.1. The van der Waals surface area contributed by atoms with Crippen LogP contribution in [0.25, 0.3) is 11.3 Å². The van der Waals surface area contributed by atoms with Gasteiger partial charge in [-0.15, -0.1) is 21.5 Å². The second-order valence-corrected chi connectivity index (χ2v) is 11.8. The number of benzene rings is 2. The van der Waals surface area contributed by atoms with E-state index in [4.69, 9.17) is 23.2 Å². The lowest BCUT2D eigenvalue weighted by Crippen LogP contribution is -2.33. The van der Waals surface area contributed by atoms with Crippen molar-refractivity contribution in [3.63, 3.8) is 0 Å². The van der Waals surface area contributed by atoms with E-state index in [1.54, 1.807) is 16.7 Å². The van der Waals surface area contributed by atoms with Gasteiger partial charge in [-0.3, -0.25) is 9.59 Å². The second kappa shape index (κ2) is 12.3. The molecule has 2 heterocycles. The van der Waals surface area contributed by atoms with E-state index in [2.05, 4.69) is 25.8 Å². The number of aromatic nitrogens is 4. The van der Waals surface area contributed by atoms with Crippen LogP contribution in [0.5, 0.6) is 0 Å². The van der Waals surface area contributed by atoms with Gasteiger partial charge in [0.1, 0.15) is 0 Å². The smallest absolute Gasteiger partial charge is 0.251 e. The highest BCUT2D eigenvalue weighted by Crippen LogP contribution is 2.31. The van der Waals surface area contributed by atoms with Crippen LogP contribution in [0, 0.1) is 12.8 Å². The maximum Gasteiger partial charge on any atom is 0.251 e. The van der Waals surface area contributed by atoms with E-state index >= 15 is 0 Å². The first-order valence-corrected chi connectivity index (χ1v) is 14.3. The number of aryl methyl sites for hydroxylation is 1. The predicted octanol–water partition coefficient (Wildman–Crippen LogP) is 6.41. The van der Waals surface area contributed by atoms with E-state index in [9.17, 15) is 9.59 Å². The lowest BCUT2D eigenvalue weighted by Gasteiger charge is -2.21. The molecule has 0 spiro atoms. The Morgan fingerprint density at radius 1 is 1.08 bits per heavy atom. The van der Waals surface area contributed by atoms with Gasteiger partial charge in [0.15, 0.2) is 16.1 Å². The molecule has 0 aliphatic carbocycles. The number of thiazole rings is 1. The van der Waals surface area contributed by atoms with Gasteiger partial charge >= 0.3 is 0 Å². The van der Waals surface area contributed by atoms with Crippen molar-refractivity contribution in [2.75, 3.05) is 11.1 Å². The van der Waals surface area contributed by atoms with E-state index in [-0.39, 0.29) is 23.5 Å². The standard InChI is InChI=1S/C26H26Cl2N6O2S2/c1-14(2)21(30-24(36)17-10-11-18(27)19(28)12-17)23-32-33-26(34(23)4)37-13-20(35)29-25-31-22(15(3)38-25)16-8-6-5-7-9-16/h5-12,14,21H,13H2,1-4H3,(H,30,36)(H,29,31,35)/t21-/m0/s1. The summed E-state index contributed by atoms with van der Waals surface area (Å²) < 4.78 is 1.79. The van der Waals surface area contributed by atoms with Crippen LogP contribution in [0.2, 0.25) is 10.0 Å². The number of rotatable bonds is 9. The van der Waals surface area contributed by atoms with Crippen molar-refractivity contribution in [2.24, 2.45) is 13.0 Å². The molecule has 0 aliphatic rings. The monoisotopic (exact) mass is 588 g/mol. The molecule has 0 fully saturated rings. The molecular weight excluding hydrogens is 563 g/mol. The Labute approximate surface area is 239 Å². The molecular formula is C26H26Cl2N6O2S2. The molecule has 4 aromatic rings. The maximum atomic E-state index is 12.9. The zero-order valence-corrected chi connectivity index (χ0v) is 24.3. The predicted molar refractivity (Wildman–Crippen MR) is 154 cm³/mol. The van der Waals surface area contributed by atoms with Gasteiger partial charge in [-0.25, -0.2) is 4.98 Å². The Kier molecular flexibility index (Phi) is 9.09. The summed E-state index contributed by atoms with van der Waals surface area (Å²) in [6, 6.07) is 14.2. The number of anilines is 1. The summed E-state index contributed by atoms with van der Waals surface area (Å²) in [5.41, 5.74) is 2.26. The van der Waals surface area contributed by atoms with Crippen molar-refractivity contribution < 1.29 is 9.59 Å². The van der Waals surface area contributed by atoms with Gasteiger partial charge in [-0.05, 0) is 31.0 Å². The van der Waals surface area contributed by atoms with Gasteiger partial charge < -0.3 is 15.2 Å². The SMILES string of the molecule is Cc1sc(NC(=O)CSc2nnc([C@@H](NC(=O)c3ccc(Cl)c(Cl)c3)C(C)C)n2C)nc1-c1ccccc1. The Hall–Kier alpha value is -2.92. The van der Waals surface area contributed by atoms with Gasteiger partial charge in [0.2, 0.25) is 5.91 Å². The molecule has 2 aromatic carbocycles. The van der Waals surface area contributed by atoms with Crippen molar-refractivity contribution in [3.8, 4) is 11.3 Å². The lowest BCUT2D eigenvalue weighted by molar-refractivity contribution is -0.113. The summed E-state index contributed by atoms with van der Waals surface area (Å²) in [5, 5.41) is 16.3. The fraction of sp³-hybridized carbons (Fsp3) is 0.269. The number of carbonyl (C=O) groups excluding carboxylic acids is 2. The van der Waals surface area contributed by atoms with Crippen LogP contribution in [0.3, 0.4) is 0 Å². The van der Waals surface area contributed by atoms with Crippen molar-refractivity contribution in [1.82, 2.24) is 25.1 Å². The average Bonchev–Trinajstić information content (AvgIpc) is 3.44. The van der Waals surface area contributed by atoms with Crippen molar-refractivity contribution in [2.45, 2.75) is 32.0 Å². The zero-order chi connectivity index (χ0) is 27.4. The van der Waals surface area contributed by atoms with Crippen LogP contribution in [0.4, 0.5) is 5.13 Å². The third-order valence-electron chi connectivity index (χ3n) is 5.70. The molecule has 0 radical (unpaired) electrons. The van der Waals surface area contributed by atoms with Gasteiger partial charge in [0.25, 0.3) is 5.91 Å². The van der Waals surface area contributed by atoms with E-state index in [1.807, 2.05) is 58.2 Å². The molecule has 0 bridgehead atoms. The molecule has 0 aliphatic heterocycles. The number of hydrogen-bond donors (Lipinski definition) is 2. The minimum Gasteiger partial charge on any atom is -0.342 e. The average molecular weight is 590 g/mol. The summed E-state index contributed by atoms with van der Waals surface area (Å²) in [4.78, 5) is 31.2. The van der Waals surface area contributed by atoms with Crippen molar-refractivity contribution in [3.05, 3.63) is 74.8 Å². The van der Waals surface area contributed by atoms with E-state index in [0.29, 0.717) is 31.7 Å². The van der Waals surface area contributed by atoms with E-state index in [0.717, 1.165) is 16.1 Å². The minimum atomic E-state index is -0.410. The molecule has 2 aromatic heterocycles. The normalized spacial score (nSPS) is 12.0. The molecule has 4 rings (SSSR count). The number of thioether (sulfide) groups is 1. The minimum absolute atomic E-state index is 0.0257. The van der Waals surface area contributed by atoms with Crippen LogP contribution in [0.1, 0.15) is 40.9 Å². The number of amides is 2. The number of halogens is 2. The zero-order valence-electron chi connectivity index (χ0n) is 21.2. The van der Waals surface area contributed by atoms with E-state index in [1.165, 1.54) is 29.2 Å². The first-order valence-electron chi connectivity index (χ1n) is 11.7. The van der Waals surface area contributed by atoms with Gasteiger partial charge in [-0.1, -0.05) is 79.1 Å². The summed E-state index contributed by atoms with van der Waals surface area (Å²) in [6.07, 6.45) is 0. The summed E-state index contributed by atoms with van der Waals surface area (Å²) >= 11 is 14.7. The van der Waals surface area contributed by atoms with Crippen LogP contribution in [0.15, 0.2) is 53.7 Å². The molecule has 38 heavy (non-hydrogen) atoms. The molecule has 0 unspecified atom stereocenters. The van der Waals surface area contributed by atoms with Gasteiger partial charge in [0, 0.05) is 23.1 Å². The van der Waals surface area contributed by atoms with E-state index < -0.39 is 6.04 Å². The number of carbonyl (C=O) groups is 2. The molecule has 0 saturated heterocycles. The molecule has 1 atom stereocenters. The fourth-order valence-corrected chi connectivity index (χ4v) is 5.58. The van der Waals surface area contributed by atoms with Crippen LogP contribution >= 0.6 is 46.3 Å². The fourth-order valence-electron chi connectivity index (χ4n) is 3.71. The third kappa shape index (κ3) is 6.55. The number of nitrogens with zero attached hydrogens (tertiary/aromatic N) is 4. The summed E-state index contributed by atoms with van der Waals surface area (Å²) in [7, 11) is 1.81. The first-order chi connectivity index (χ1) is 18.1. The molecule has 12 heteroatoms. The lowest BCUT2D eigenvalue weighted by atomic mass is 10.0. The Bertz CT molecular complexity index is 1460. The number of nitrogens with one attached hydrogen (secondary N) is 2. The highest BCUT2D eigenvalue weighted by molar-refractivity contribution is 7.99. The maximum absolute atomic E-state index is 12.9. The van der Waals surface area contributed by atoms with Crippen molar-refractivity contribution >= 4 is 63.2 Å². The Morgan fingerprint density at radius 2 is 1.82 bits per heavy atom. The van der Waals surface area contributed by atoms with Crippen LogP contribution in [-0.2, 0) is 11.8 Å².